The van der Waals surface area contributed by atoms with Crippen molar-refractivity contribution < 1.29 is 4.79 Å². The van der Waals surface area contributed by atoms with Crippen LogP contribution >= 0.6 is 34.4 Å². The fourth-order valence-corrected chi connectivity index (χ4v) is 3.77. The van der Waals surface area contributed by atoms with Crippen LogP contribution in [0.15, 0.2) is 53.7 Å². The monoisotopic (exact) mass is 460 g/mol. The minimum Gasteiger partial charge on any atom is -0.293 e. The van der Waals surface area contributed by atoms with Gasteiger partial charge in [-0.3, -0.25) is 4.79 Å². The van der Waals surface area contributed by atoms with E-state index in [1.807, 2.05) is 55.5 Å². The van der Waals surface area contributed by atoms with Gasteiger partial charge in [0.15, 0.2) is 16.6 Å². The molecular formula is C18H13IN4OS. The number of rotatable bonds is 4. The average Bonchev–Trinajstić information content (AvgIpc) is 3.02. The van der Waals surface area contributed by atoms with Crippen LogP contribution < -0.4 is 0 Å². The van der Waals surface area contributed by atoms with E-state index in [4.69, 9.17) is 0 Å². The molecule has 0 saturated heterocycles. The van der Waals surface area contributed by atoms with Gasteiger partial charge in [-0.05, 0) is 53.8 Å². The van der Waals surface area contributed by atoms with Crippen LogP contribution in [0.1, 0.15) is 16.2 Å². The molecule has 7 heteroatoms. The van der Waals surface area contributed by atoms with E-state index in [1.165, 1.54) is 11.8 Å². The molecule has 2 aromatic heterocycles. The average molecular weight is 460 g/mol. The molecule has 0 aliphatic rings. The lowest BCUT2D eigenvalue weighted by Crippen LogP contribution is -2.05. The van der Waals surface area contributed by atoms with Gasteiger partial charge < -0.3 is 0 Å². The molecule has 0 amide bonds. The first-order chi connectivity index (χ1) is 12.1. The van der Waals surface area contributed by atoms with Crippen molar-refractivity contribution in [2.45, 2.75) is 12.1 Å². The smallest absolute Gasteiger partial charge is 0.192 e. The molecule has 124 valence electrons. The van der Waals surface area contributed by atoms with Gasteiger partial charge in [0.25, 0.3) is 0 Å². The Balaban J connectivity index is 1.68. The minimum absolute atomic E-state index is 0.0707. The van der Waals surface area contributed by atoms with Crippen molar-refractivity contribution in [3.63, 3.8) is 0 Å². The molecule has 4 aromatic rings. The maximum Gasteiger partial charge on any atom is 0.192 e. The number of thioether (sulfide) groups is 1. The lowest BCUT2D eigenvalue weighted by Gasteiger charge is -2.06. The van der Waals surface area contributed by atoms with E-state index < -0.39 is 0 Å². The van der Waals surface area contributed by atoms with Gasteiger partial charge in [0.1, 0.15) is 5.82 Å². The summed E-state index contributed by atoms with van der Waals surface area (Å²) in [6.07, 6.45) is 0. The summed E-state index contributed by atoms with van der Waals surface area (Å²) in [5, 5.41) is 6.06. The molecule has 4 rings (SSSR count). The van der Waals surface area contributed by atoms with Crippen LogP contribution in [0.2, 0.25) is 0 Å². The third-order valence-corrected chi connectivity index (χ3v) is 5.40. The van der Waals surface area contributed by atoms with Crippen molar-refractivity contribution in [1.29, 1.82) is 0 Å². The van der Waals surface area contributed by atoms with Crippen LogP contribution in [0.3, 0.4) is 0 Å². The van der Waals surface area contributed by atoms with E-state index in [-0.39, 0.29) is 5.78 Å². The molecule has 2 aromatic carbocycles. The highest BCUT2D eigenvalue weighted by molar-refractivity contribution is 14.1. The quantitative estimate of drug-likeness (QED) is 0.198. The maximum atomic E-state index is 12.4. The normalized spacial score (nSPS) is 11.3. The molecule has 0 bridgehead atoms. The summed E-state index contributed by atoms with van der Waals surface area (Å²) >= 11 is 3.61. The number of para-hydroxylation sites is 1. The summed E-state index contributed by atoms with van der Waals surface area (Å²) in [7, 11) is 0. The minimum atomic E-state index is 0.0707. The number of carbonyl (C=O) groups is 1. The van der Waals surface area contributed by atoms with Crippen LogP contribution in [0.5, 0.6) is 0 Å². The molecule has 2 heterocycles. The van der Waals surface area contributed by atoms with Crippen molar-refractivity contribution in [2.75, 3.05) is 5.75 Å². The van der Waals surface area contributed by atoms with Gasteiger partial charge in [-0.25, -0.2) is 9.97 Å². The molecule has 0 aliphatic heterocycles. The Morgan fingerprint density at radius 1 is 1.12 bits per heavy atom. The zero-order valence-electron chi connectivity index (χ0n) is 13.3. The first-order valence-corrected chi connectivity index (χ1v) is 9.72. The van der Waals surface area contributed by atoms with E-state index in [2.05, 4.69) is 37.7 Å². The number of benzene rings is 2. The molecular weight excluding hydrogens is 447 g/mol. The van der Waals surface area contributed by atoms with Gasteiger partial charge in [0.05, 0.1) is 11.3 Å². The number of hydrogen-bond donors (Lipinski definition) is 0. The fourth-order valence-electron chi connectivity index (χ4n) is 2.58. The second-order valence-electron chi connectivity index (χ2n) is 5.52. The Bertz CT molecular complexity index is 1090. The Morgan fingerprint density at radius 2 is 1.88 bits per heavy atom. The summed E-state index contributed by atoms with van der Waals surface area (Å²) in [6, 6.07) is 15.4. The molecule has 0 spiro atoms. The topological polar surface area (TPSA) is 60.2 Å². The first kappa shape index (κ1) is 16.5. The van der Waals surface area contributed by atoms with Crippen LogP contribution in [-0.4, -0.2) is 31.1 Å². The molecule has 0 radical (unpaired) electrons. The zero-order valence-corrected chi connectivity index (χ0v) is 16.3. The molecule has 0 unspecified atom stereocenters. The Hall–Kier alpha value is -2.00. The fraction of sp³-hybridized carbons (Fsp3) is 0.111. The second-order valence-corrected chi connectivity index (χ2v) is 7.71. The van der Waals surface area contributed by atoms with Crippen molar-refractivity contribution in [1.82, 2.24) is 19.6 Å². The summed E-state index contributed by atoms with van der Waals surface area (Å²) in [4.78, 5) is 21.6. The SMILES string of the molecule is Cc1nc2c3ccccc3nc(SCC(=O)c3ccc(I)cc3)n2n1. The second kappa shape index (κ2) is 6.72. The first-order valence-electron chi connectivity index (χ1n) is 7.65. The molecule has 0 aliphatic carbocycles. The molecule has 0 N–H and O–H groups in total. The molecule has 0 atom stereocenters. The number of nitrogens with zero attached hydrogens (tertiary/aromatic N) is 4. The van der Waals surface area contributed by atoms with E-state index in [0.29, 0.717) is 22.3 Å². The number of aromatic nitrogens is 4. The zero-order chi connectivity index (χ0) is 17.4. The predicted octanol–water partition coefficient (Wildman–Crippen LogP) is 4.17. The summed E-state index contributed by atoms with van der Waals surface area (Å²) in [5.41, 5.74) is 2.33. The Labute approximate surface area is 162 Å². The number of ketones is 1. The number of Topliss-reactive ketones (excluding diaryl/α,β-unsaturated/α-hetero) is 1. The van der Waals surface area contributed by atoms with Gasteiger partial charge in [0.2, 0.25) is 0 Å². The lowest BCUT2D eigenvalue weighted by atomic mass is 10.2. The molecule has 25 heavy (non-hydrogen) atoms. The highest BCUT2D eigenvalue weighted by Crippen LogP contribution is 2.24. The Morgan fingerprint density at radius 3 is 2.68 bits per heavy atom. The van der Waals surface area contributed by atoms with Crippen LogP contribution in [0, 0.1) is 10.5 Å². The van der Waals surface area contributed by atoms with E-state index in [0.717, 1.165) is 20.1 Å². The number of aryl methyl sites for hydroxylation is 1. The molecule has 5 nitrogen and oxygen atoms in total. The van der Waals surface area contributed by atoms with Crippen LogP contribution in [0.25, 0.3) is 16.6 Å². The maximum absolute atomic E-state index is 12.4. The standard InChI is InChI=1S/C18H13IN4OS/c1-11-20-17-14-4-2-3-5-15(14)21-18(23(17)22-11)25-10-16(24)12-6-8-13(19)9-7-12/h2-9H,10H2,1H3. The summed E-state index contributed by atoms with van der Waals surface area (Å²) in [6.45, 7) is 1.85. The van der Waals surface area contributed by atoms with Gasteiger partial charge in [-0.2, -0.15) is 4.52 Å². The van der Waals surface area contributed by atoms with Crippen molar-refractivity contribution in [3.8, 4) is 0 Å². The van der Waals surface area contributed by atoms with Crippen LogP contribution in [-0.2, 0) is 0 Å². The number of hydrogen-bond acceptors (Lipinski definition) is 5. The van der Waals surface area contributed by atoms with E-state index in [9.17, 15) is 4.79 Å². The van der Waals surface area contributed by atoms with Crippen molar-refractivity contribution in [3.05, 3.63) is 63.5 Å². The number of carbonyl (C=O) groups excluding carboxylic acids is 1. The van der Waals surface area contributed by atoms with Gasteiger partial charge in [-0.15, -0.1) is 5.10 Å². The highest BCUT2D eigenvalue weighted by atomic mass is 127. The largest absolute Gasteiger partial charge is 0.293 e. The van der Waals surface area contributed by atoms with Crippen molar-refractivity contribution >= 4 is 56.7 Å². The molecule has 0 fully saturated rings. The summed E-state index contributed by atoms with van der Waals surface area (Å²) < 4.78 is 2.83. The highest BCUT2D eigenvalue weighted by Gasteiger charge is 2.14. The van der Waals surface area contributed by atoms with Gasteiger partial charge in [0, 0.05) is 14.5 Å². The molecule has 0 saturated carbocycles. The van der Waals surface area contributed by atoms with Crippen LogP contribution in [0.4, 0.5) is 0 Å². The third-order valence-electron chi connectivity index (χ3n) is 3.75. The number of fused-ring (bicyclic) bond motifs is 3. The predicted molar refractivity (Wildman–Crippen MR) is 107 cm³/mol. The van der Waals surface area contributed by atoms with E-state index in [1.54, 1.807) is 4.52 Å². The Kier molecular flexibility index (Phi) is 4.43. The summed E-state index contributed by atoms with van der Waals surface area (Å²) in [5.74, 6) is 1.06. The van der Waals surface area contributed by atoms with Gasteiger partial charge in [-0.1, -0.05) is 36.0 Å². The lowest BCUT2D eigenvalue weighted by molar-refractivity contribution is 0.102. The number of halogens is 1. The third kappa shape index (κ3) is 3.25. The van der Waals surface area contributed by atoms with Crippen molar-refractivity contribution in [2.24, 2.45) is 0 Å². The van der Waals surface area contributed by atoms with Gasteiger partial charge >= 0.3 is 0 Å². The van der Waals surface area contributed by atoms with E-state index >= 15 is 0 Å².